The van der Waals surface area contributed by atoms with Gasteiger partial charge < -0.3 is 0 Å². The highest BCUT2D eigenvalue weighted by molar-refractivity contribution is 7.72. The molecule has 0 heterocycles. The third kappa shape index (κ3) is 5.95. The lowest BCUT2D eigenvalue weighted by atomic mass is 10.4. The first-order valence-corrected chi connectivity index (χ1v) is 3.57. The maximum atomic E-state index is 9.76. The van der Waals surface area contributed by atoms with E-state index in [1.54, 1.807) is 6.42 Å². The SMILES string of the molecule is CC[CH]C[SH](=O)=O. The molecule has 0 spiro atoms. The van der Waals surface area contributed by atoms with Crippen molar-refractivity contribution < 1.29 is 8.42 Å². The van der Waals surface area contributed by atoms with E-state index in [1.165, 1.54) is 0 Å². The minimum Gasteiger partial charge on any atom is -0.232 e. The van der Waals surface area contributed by atoms with Crippen molar-refractivity contribution in [1.29, 1.82) is 0 Å². The first-order valence-electron chi connectivity index (χ1n) is 2.20. The van der Waals surface area contributed by atoms with E-state index in [4.69, 9.17) is 0 Å². The molecule has 0 aromatic rings. The summed E-state index contributed by atoms with van der Waals surface area (Å²) in [6, 6.07) is 0. The molecule has 43 valence electrons. The molecule has 0 rings (SSSR count). The number of rotatable bonds is 3. The highest BCUT2D eigenvalue weighted by Gasteiger charge is 1.82. The third-order valence-electron chi connectivity index (χ3n) is 0.567. The lowest BCUT2D eigenvalue weighted by Crippen LogP contribution is -1.85. The maximum absolute atomic E-state index is 9.76. The fourth-order valence-corrected chi connectivity index (χ4v) is 0.704. The minimum absolute atomic E-state index is 0.228. The van der Waals surface area contributed by atoms with Crippen LogP contribution in [-0.4, -0.2) is 14.2 Å². The molecule has 0 saturated carbocycles. The van der Waals surface area contributed by atoms with Gasteiger partial charge in [0.25, 0.3) is 0 Å². The first kappa shape index (κ1) is 6.95. The molecule has 0 aliphatic carbocycles. The van der Waals surface area contributed by atoms with Gasteiger partial charge in [-0.1, -0.05) is 13.3 Å². The van der Waals surface area contributed by atoms with E-state index in [9.17, 15) is 8.42 Å². The topological polar surface area (TPSA) is 34.1 Å². The van der Waals surface area contributed by atoms with Crippen molar-refractivity contribution in [2.45, 2.75) is 13.3 Å². The molecule has 0 atom stereocenters. The quantitative estimate of drug-likeness (QED) is 0.542. The molecule has 0 fully saturated rings. The summed E-state index contributed by atoms with van der Waals surface area (Å²) in [6.45, 7) is 1.92. The fourth-order valence-electron chi connectivity index (χ4n) is 0.235. The average Bonchev–Trinajstić information content (AvgIpc) is 1.61. The van der Waals surface area contributed by atoms with Crippen LogP contribution in [-0.2, 0) is 10.7 Å². The Bertz CT molecular complexity index is 87.9. The Morgan fingerprint density at radius 2 is 2.14 bits per heavy atom. The van der Waals surface area contributed by atoms with Gasteiger partial charge in [0, 0.05) is 0 Å². The highest BCUT2D eigenvalue weighted by atomic mass is 32.2. The summed E-state index contributed by atoms with van der Waals surface area (Å²) in [7, 11) is -2.16. The van der Waals surface area contributed by atoms with E-state index in [0.29, 0.717) is 0 Å². The van der Waals surface area contributed by atoms with E-state index in [2.05, 4.69) is 0 Å². The van der Waals surface area contributed by atoms with Crippen molar-refractivity contribution >= 4 is 10.7 Å². The molecule has 0 aliphatic rings. The van der Waals surface area contributed by atoms with Crippen LogP contribution in [0, 0.1) is 6.42 Å². The van der Waals surface area contributed by atoms with Gasteiger partial charge in [0.15, 0.2) is 0 Å². The fraction of sp³-hybridized carbons (Fsp3) is 0.750. The Kier molecular flexibility index (Phi) is 4.09. The number of hydrogen-bond acceptors (Lipinski definition) is 2. The molecule has 2 nitrogen and oxygen atoms in total. The first-order chi connectivity index (χ1) is 3.27. The van der Waals surface area contributed by atoms with Crippen LogP contribution in [0.4, 0.5) is 0 Å². The number of unbranched alkanes of at least 4 members (excludes halogenated alkanes) is 1. The van der Waals surface area contributed by atoms with Crippen molar-refractivity contribution in [1.82, 2.24) is 0 Å². The smallest absolute Gasteiger partial charge is 0.140 e. The summed E-state index contributed by atoms with van der Waals surface area (Å²) in [6.07, 6.45) is 2.56. The van der Waals surface area contributed by atoms with Crippen LogP contribution in [0.3, 0.4) is 0 Å². The van der Waals surface area contributed by atoms with Crippen molar-refractivity contribution in [3.8, 4) is 0 Å². The summed E-state index contributed by atoms with van der Waals surface area (Å²) in [5, 5.41) is 0. The summed E-state index contributed by atoms with van der Waals surface area (Å²) in [5.74, 6) is 0.228. The van der Waals surface area contributed by atoms with Crippen LogP contribution in [0.1, 0.15) is 13.3 Å². The molecule has 0 aliphatic heterocycles. The van der Waals surface area contributed by atoms with Gasteiger partial charge in [0.2, 0.25) is 0 Å². The molecule has 0 bridgehead atoms. The second kappa shape index (κ2) is 4.12. The molecule has 0 unspecified atom stereocenters. The van der Waals surface area contributed by atoms with Crippen LogP contribution in [0.5, 0.6) is 0 Å². The molecule has 0 N–H and O–H groups in total. The zero-order valence-electron chi connectivity index (χ0n) is 4.26. The molecule has 1 radical (unpaired) electrons. The second-order valence-corrected chi connectivity index (χ2v) is 2.24. The number of hydrogen-bond donors (Lipinski definition) is 1. The maximum Gasteiger partial charge on any atom is 0.140 e. The van der Waals surface area contributed by atoms with Crippen LogP contribution in [0.2, 0.25) is 0 Å². The van der Waals surface area contributed by atoms with Gasteiger partial charge >= 0.3 is 0 Å². The van der Waals surface area contributed by atoms with Crippen molar-refractivity contribution in [3.05, 3.63) is 6.42 Å². The monoisotopic (exact) mass is 121 g/mol. The molecule has 0 amide bonds. The summed E-state index contributed by atoms with van der Waals surface area (Å²) in [4.78, 5) is 0. The Balaban J connectivity index is 2.98. The Hall–Kier alpha value is -0.0500. The van der Waals surface area contributed by atoms with Crippen molar-refractivity contribution in [2.75, 3.05) is 5.75 Å². The van der Waals surface area contributed by atoms with Gasteiger partial charge in [-0.15, -0.1) is 0 Å². The lowest BCUT2D eigenvalue weighted by molar-refractivity contribution is 0.615. The largest absolute Gasteiger partial charge is 0.232 e. The van der Waals surface area contributed by atoms with E-state index in [-0.39, 0.29) is 5.75 Å². The molecule has 7 heavy (non-hydrogen) atoms. The second-order valence-electron chi connectivity index (χ2n) is 1.21. The Morgan fingerprint density at radius 1 is 1.57 bits per heavy atom. The van der Waals surface area contributed by atoms with Crippen LogP contribution in [0.15, 0.2) is 0 Å². The Labute approximate surface area is 45.5 Å². The lowest BCUT2D eigenvalue weighted by Gasteiger charge is -1.80. The molecular weight excluding hydrogens is 112 g/mol. The summed E-state index contributed by atoms with van der Waals surface area (Å²) in [5.41, 5.74) is 0. The molecular formula is C4H9O2S. The average molecular weight is 121 g/mol. The molecule has 0 aromatic carbocycles. The van der Waals surface area contributed by atoms with Crippen LogP contribution >= 0.6 is 0 Å². The predicted molar refractivity (Wildman–Crippen MR) is 29.8 cm³/mol. The van der Waals surface area contributed by atoms with Crippen LogP contribution < -0.4 is 0 Å². The van der Waals surface area contributed by atoms with Gasteiger partial charge in [-0.25, -0.2) is 8.42 Å². The molecule has 0 aromatic heterocycles. The standard InChI is InChI=1S/C4H9O2S/c1-2-3-4-7(5)6/h3,7H,2,4H2,1H3. The number of thiol groups is 1. The van der Waals surface area contributed by atoms with Crippen molar-refractivity contribution in [2.24, 2.45) is 0 Å². The third-order valence-corrected chi connectivity index (χ3v) is 1.12. The Morgan fingerprint density at radius 3 is 2.29 bits per heavy atom. The van der Waals surface area contributed by atoms with E-state index < -0.39 is 10.7 Å². The summed E-state index contributed by atoms with van der Waals surface area (Å²) >= 11 is 0. The van der Waals surface area contributed by atoms with Crippen molar-refractivity contribution in [3.63, 3.8) is 0 Å². The zero-order chi connectivity index (χ0) is 5.70. The molecule has 3 heteroatoms. The van der Waals surface area contributed by atoms with Gasteiger partial charge in [-0.05, 0) is 6.42 Å². The molecule has 0 saturated heterocycles. The van der Waals surface area contributed by atoms with Gasteiger partial charge in [-0.2, -0.15) is 0 Å². The minimum atomic E-state index is -2.16. The van der Waals surface area contributed by atoms with Gasteiger partial charge in [-0.3, -0.25) is 0 Å². The van der Waals surface area contributed by atoms with Crippen LogP contribution in [0.25, 0.3) is 0 Å². The van der Waals surface area contributed by atoms with E-state index >= 15 is 0 Å². The van der Waals surface area contributed by atoms with E-state index in [0.717, 1.165) is 6.42 Å². The normalized spacial score (nSPS) is 10.0. The summed E-state index contributed by atoms with van der Waals surface area (Å²) < 4.78 is 19.5. The zero-order valence-corrected chi connectivity index (χ0v) is 5.15. The van der Waals surface area contributed by atoms with Gasteiger partial charge in [0.05, 0.1) is 5.75 Å². The predicted octanol–water partition coefficient (Wildman–Crippen LogP) is 0.212. The highest BCUT2D eigenvalue weighted by Crippen LogP contribution is 1.81. The van der Waals surface area contributed by atoms with E-state index in [1.807, 2.05) is 6.92 Å². The van der Waals surface area contributed by atoms with Gasteiger partial charge in [0.1, 0.15) is 10.7 Å².